The highest BCUT2D eigenvalue weighted by molar-refractivity contribution is 5.56. The first-order chi connectivity index (χ1) is 11.1. The van der Waals surface area contributed by atoms with Gasteiger partial charge in [0.05, 0.1) is 14.2 Å². The number of allylic oxidation sites excluding steroid dienone is 1. The van der Waals surface area contributed by atoms with Gasteiger partial charge in [0.1, 0.15) is 0 Å². The molecule has 1 unspecified atom stereocenters. The van der Waals surface area contributed by atoms with Gasteiger partial charge >= 0.3 is 0 Å². The predicted octanol–water partition coefficient (Wildman–Crippen LogP) is 4.32. The van der Waals surface area contributed by atoms with Gasteiger partial charge in [0, 0.05) is 5.92 Å². The Morgan fingerprint density at radius 3 is 2.09 bits per heavy atom. The van der Waals surface area contributed by atoms with Gasteiger partial charge in [-0.3, -0.25) is 0 Å². The van der Waals surface area contributed by atoms with Crippen LogP contribution >= 0.6 is 0 Å². The summed E-state index contributed by atoms with van der Waals surface area (Å²) in [7, 11) is 3.05. The highest BCUT2D eigenvalue weighted by atomic mass is 16.5. The van der Waals surface area contributed by atoms with Gasteiger partial charge in [-0.2, -0.15) is 0 Å². The lowest BCUT2D eigenvalue weighted by Crippen LogP contribution is -1.94. The average Bonchev–Trinajstić information content (AvgIpc) is 2.55. The average molecular weight is 314 g/mol. The first-order valence-corrected chi connectivity index (χ1v) is 7.51. The van der Waals surface area contributed by atoms with Crippen molar-refractivity contribution in [3.8, 4) is 23.0 Å². The Balaban J connectivity index is 2.21. The number of methoxy groups -OCH3 is 2. The number of hydrogen-bond acceptors (Lipinski definition) is 4. The summed E-state index contributed by atoms with van der Waals surface area (Å²) in [4.78, 5) is 0. The van der Waals surface area contributed by atoms with Crippen molar-refractivity contribution in [2.24, 2.45) is 0 Å². The molecule has 0 heterocycles. The van der Waals surface area contributed by atoms with E-state index in [0.717, 1.165) is 17.5 Å². The maximum absolute atomic E-state index is 9.92. The number of benzene rings is 2. The molecular weight excluding hydrogens is 292 g/mol. The van der Waals surface area contributed by atoms with Gasteiger partial charge in [-0.15, -0.1) is 0 Å². The van der Waals surface area contributed by atoms with Crippen molar-refractivity contribution in [3.63, 3.8) is 0 Å². The van der Waals surface area contributed by atoms with Gasteiger partial charge in [-0.1, -0.05) is 31.2 Å². The van der Waals surface area contributed by atoms with E-state index in [-0.39, 0.29) is 17.4 Å². The van der Waals surface area contributed by atoms with Crippen LogP contribution in [0.1, 0.15) is 30.4 Å². The third kappa shape index (κ3) is 3.97. The first kappa shape index (κ1) is 16.7. The zero-order valence-electron chi connectivity index (χ0n) is 13.6. The smallest absolute Gasteiger partial charge is 0.160 e. The third-order valence-electron chi connectivity index (χ3n) is 3.79. The monoisotopic (exact) mass is 314 g/mol. The van der Waals surface area contributed by atoms with Crippen molar-refractivity contribution in [2.45, 2.75) is 19.3 Å². The van der Waals surface area contributed by atoms with E-state index >= 15 is 0 Å². The molecule has 2 aromatic rings. The van der Waals surface area contributed by atoms with Crippen LogP contribution in [-0.4, -0.2) is 24.4 Å². The van der Waals surface area contributed by atoms with Crippen LogP contribution in [0.2, 0.25) is 0 Å². The fraction of sp³-hybridized carbons (Fsp3) is 0.263. The van der Waals surface area contributed by atoms with E-state index in [2.05, 4.69) is 13.0 Å². The summed E-state index contributed by atoms with van der Waals surface area (Å²) in [5.41, 5.74) is 1.90. The van der Waals surface area contributed by atoms with Crippen molar-refractivity contribution in [1.29, 1.82) is 0 Å². The summed E-state index contributed by atoms with van der Waals surface area (Å²) >= 11 is 0. The van der Waals surface area contributed by atoms with Crippen LogP contribution in [0.25, 0.3) is 6.08 Å². The minimum Gasteiger partial charge on any atom is -0.504 e. The fourth-order valence-corrected chi connectivity index (χ4v) is 2.46. The Kier molecular flexibility index (Phi) is 5.52. The minimum atomic E-state index is 0.116. The highest BCUT2D eigenvalue weighted by Crippen LogP contribution is 2.32. The molecule has 0 saturated carbocycles. The molecule has 2 N–H and O–H groups in total. The quantitative estimate of drug-likeness (QED) is 0.833. The van der Waals surface area contributed by atoms with Crippen molar-refractivity contribution in [3.05, 3.63) is 53.6 Å². The zero-order valence-corrected chi connectivity index (χ0v) is 13.6. The molecule has 1 atom stereocenters. The van der Waals surface area contributed by atoms with E-state index in [1.54, 1.807) is 24.3 Å². The summed E-state index contributed by atoms with van der Waals surface area (Å²) in [6.45, 7) is 2.09. The summed E-state index contributed by atoms with van der Waals surface area (Å²) in [5, 5.41) is 19.7. The Labute approximate surface area is 136 Å². The standard InChI is InChI=1S/C19H22O4/c1-4-14(15-8-10-19(23-3)17(21)12-15)7-5-13-6-9-18(22-2)16(20)11-13/h5-12,14,20-21H,4H2,1-3H3/b7-5-. The van der Waals surface area contributed by atoms with E-state index in [0.29, 0.717) is 11.5 Å². The first-order valence-electron chi connectivity index (χ1n) is 7.51. The second kappa shape index (κ2) is 7.58. The summed E-state index contributed by atoms with van der Waals surface area (Å²) in [6, 6.07) is 10.7. The van der Waals surface area contributed by atoms with Crippen molar-refractivity contribution >= 4 is 6.08 Å². The lowest BCUT2D eigenvalue weighted by atomic mass is 9.95. The molecule has 23 heavy (non-hydrogen) atoms. The molecule has 0 aliphatic carbocycles. The van der Waals surface area contributed by atoms with Crippen LogP contribution in [0.4, 0.5) is 0 Å². The van der Waals surface area contributed by atoms with Crippen LogP contribution in [0.5, 0.6) is 23.0 Å². The van der Waals surface area contributed by atoms with Gasteiger partial charge in [0.2, 0.25) is 0 Å². The Bertz CT molecular complexity index is 692. The van der Waals surface area contributed by atoms with E-state index < -0.39 is 0 Å². The molecule has 0 bridgehead atoms. The molecule has 0 spiro atoms. The Morgan fingerprint density at radius 1 is 0.957 bits per heavy atom. The fourth-order valence-electron chi connectivity index (χ4n) is 2.46. The lowest BCUT2D eigenvalue weighted by Gasteiger charge is -2.13. The molecule has 0 aliphatic heterocycles. The molecule has 0 saturated heterocycles. The molecule has 0 amide bonds. The van der Waals surface area contributed by atoms with Crippen molar-refractivity contribution in [1.82, 2.24) is 0 Å². The largest absolute Gasteiger partial charge is 0.504 e. The maximum Gasteiger partial charge on any atom is 0.160 e. The summed E-state index contributed by atoms with van der Waals surface area (Å²) < 4.78 is 10.1. The SMILES string of the molecule is CCC(/C=C\c1ccc(OC)c(O)c1)c1ccc(OC)c(O)c1. The maximum atomic E-state index is 9.92. The van der Waals surface area contributed by atoms with Crippen LogP contribution < -0.4 is 9.47 Å². The number of ether oxygens (including phenoxy) is 2. The predicted molar refractivity (Wildman–Crippen MR) is 91.4 cm³/mol. The molecule has 0 radical (unpaired) electrons. The third-order valence-corrected chi connectivity index (χ3v) is 3.79. The molecule has 4 heteroatoms. The van der Waals surface area contributed by atoms with Crippen LogP contribution in [0, 0.1) is 0 Å². The highest BCUT2D eigenvalue weighted by Gasteiger charge is 2.09. The molecule has 2 aromatic carbocycles. The van der Waals surface area contributed by atoms with Gasteiger partial charge in [-0.25, -0.2) is 0 Å². The van der Waals surface area contributed by atoms with Crippen LogP contribution in [-0.2, 0) is 0 Å². The van der Waals surface area contributed by atoms with E-state index in [4.69, 9.17) is 9.47 Å². The van der Waals surface area contributed by atoms with Gasteiger partial charge in [0.25, 0.3) is 0 Å². The molecule has 0 fully saturated rings. The molecule has 2 rings (SSSR count). The van der Waals surface area contributed by atoms with Gasteiger partial charge in [0.15, 0.2) is 23.0 Å². The normalized spacial score (nSPS) is 12.3. The van der Waals surface area contributed by atoms with E-state index in [9.17, 15) is 10.2 Å². The second-order valence-corrected chi connectivity index (χ2v) is 5.24. The van der Waals surface area contributed by atoms with Crippen molar-refractivity contribution < 1.29 is 19.7 Å². The zero-order chi connectivity index (χ0) is 16.8. The topological polar surface area (TPSA) is 58.9 Å². The number of aromatic hydroxyl groups is 2. The Morgan fingerprint density at radius 2 is 1.57 bits per heavy atom. The van der Waals surface area contributed by atoms with Gasteiger partial charge < -0.3 is 19.7 Å². The molecule has 4 nitrogen and oxygen atoms in total. The number of phenolic OH excluding ortho intramolecular Hbond substituents is 2. The molecule has 0 aliphatic rings. The molecule has 122 valence electrons. The number of hydrogen-bond donors (Lipinski definition) is 2. The van der Waals surface area contributed by atoms with E-state index in [1.165, 1.54) is 14.2 Å². The summed E-state index contributed by atoms with van der Waals surface area (Å²) in [6.07, 6.45) is 4.90. The number of rotatable bonds is 6. The lowest BCUT2D eigenvalue weighted by molar-refractivity contribution is 0.373. The van der Waals surface area contributed by atoms with Crippen LogP contribution in [0.15, 0.2) is 42.5 Å². The minimum absolute atomic E-state index is 0.116. The summed E-state index contributed by atoms with van der Waals surface area (Å²) in [5.74, 6) is 1.33. The van der Waals surface area contributed by atoms with Crippen molar-refractivity contribution in [2.75, 3.05) is 14.2 Å². The van der Waals surface area contributed by atoms with Crippen LogP contribution in [0.3, 0.4) is 0 Å². The number of phenols is 2. The molecule has 0 aromatic heterocycles. The second-order valence-electron chi connectivity index (χ2n) is 5.24. The van der Waals surface area contributed by atoms with E-state index in [1.807, 2.05) is 18.2 Å². The molecular formula is C19H22O4. The Hall–Kier alpha value is -2.62. The van der Waals surface area contributed by atoms with Gasteiger partial charge in [-0.05, 0) is 41.8 Å².